The summed E-state index contributed by atoms with van der Waals surface area (Å²) < 4.78 is 82.4. The predicted molar refractivity (Wildman–Crippen MR) is 75.9 cm³/mol. The normalized spacial score (nSPS) is 10.9. The summed E-state index contributed by atoms with van der Waals surface area (Å²) in [7, 11) is 0. The molecular weight excluding hydrogens is 330 g/mol. The van der Waals surface area contributed by atoms with Gasteiger partial charge in [0.15, 0.2) is 23.3 Å². The van der Waals surface area contributed by atoms with Crippen molar-refractivity contribution in [3.8, 4) is 22.3 Å². The Kier molecular flexibility index (Phi) is 4.05. The van der Waals surface area contributed by atoms with Crippen molar-refractivity contribution in [1.29, 1.82) is 0 Å². The summed E-state index contributed by atoms with van der Waals surface area (Å²) >= 11 is 0. The van der Waals surface area contributed by atoms with E-state index < -0.39 is 51.6 Å². The largest absolute Gasteiger partial charge is 0.206 e. The summed E-state index contributed by atoms with van der Waals surface area (Å²) in [6.07, 6.45) is 0. The molecule has 0 N–H and O–H groups in total. The number of benzene rings is 3. The lowest BCUT2D eigenvalue weighted by molar-refractivity contribution is 0.508. The van der Waals surface area contributed by atoms with Gasteiger partial charge in [0.2, 0.25) is 0 Å². The minimum Gasteiger partial charge on any atom is -0.206 e. The van der Waals surface area contributed by atoms with Gasteiger partial charge in [0.05, 0.1) is 0 Å². The van der Waals surface area contributed by atoms with Crippen molar-refractivity contribution in [2.75, 3.05) is 0 Å². The fraction of sp³-hybridized carbons (Fsp3) is 0. The van der Waals surface area contributed by atoms with Gasteiger partial charge in [0.1, 0.15) is 11.6 Å². The third-order valence-corrected chi connectivity index (χ3v) is 3.46. The summed E-state index contributed by atoms with van der Waals surface area (Å²) in [6, 6.07) is 7.96. The van der Waals surface area contributed by atoms with Crippen LogP contribution in [0, 0.1) is 41.0 Å². The molecule has 121 valence electrons. The molecule has 6 heteroatoms. The van der Waals surface area contributed by atoms with Gasteiger partial charge in [0, 0.05) is 22.8 Å². The van der Waals surface area contributed by atoms with Crippen LogP contribution in [0.4, 0.5) is 26.3 Å². The molecule has 3 rings (SSSR count). The van der Waals surface area contributed by atoms with Crippen LogP contribution in [0.25, 0.3) is 22.3 Å². The zero-order valence-corrected chi connectivity index (χ0v) is 11.8. The first-order valence-electron chi connectivity index (χ1n) is 6.69. The van der Waals surface area contributed by atoms with Crippen molar-refractivity contribution in [2.45, 2.75) is 0 Å². The summed E-state index contributed by atoms with van der Waals surface area (Å²) in [5.41, 5.74) is -1.92. The van der Waals surface area contributed by atoms with Crippen molar-refractivity contribution in [3.05, 3.63) is 83.4 Å². The van der Waals surface area contributed by atoms with E-state index in [0.717, 1.165) is 30.3 Å². The van der Waals surface area contributed by atoms with E-state index in [1.165, 1.54) is 0 Å². The van der Waals surface area contributed by atoms with E-state index in [4.69, 9.17) is 0 Å². The van der Waals surface area contributed by atoms with E-state index in [1.807, 2.05) is 6.07 Å². The van der Waals surface area contributed by atoms with Crippen molar-refractivity contribution < 1.29 is 26.3 Å². The number of hydrogen-bond donors (Lipinski definition) is 0. The molecule has 24 heavy (non-hydrogen) atoms. The lowest BCUT2D eigenvalue weighted by atomic mass is 9.93. The van der Waals surface area contributed by atoms with Gasteiger partial charge in [-0.25, -0.2) is 26.3 Å². The van der Waals surface area contributed by atoms with Gasteiger partial charge >= 0.3 is 0 Å². The maximum Gasteiger partial charge on any atom is 0.166 e. The molecule has 0 saturated carbocycles. The highest BCUT2D eigenvalue weighted by atomic mass is 19.2. The fourth-order valence-corrected chi connectivity index (χ4v) is 2.38. The van der Waals surface area contributed by atoms with Gasteiger partial charge in [0.25, 0.3) is 0 Å². The highest BCUT2D eigenvalue weighted by molar-refractivity contribution is 5.84. The molecule has 0 amide bonds. The Morgan fingerprint density at radius 2 is 1.42 bits per heavy atom. The minimum atomic E-state index is -1.38. The second kappa shape index (κ2) is 6.03. The molecule has 0 atom stereocenters. The summed E-state index contributed by atoms with van der Waals surface area (Å²) in [4.78, 5) is 0. The quantitative estimate of drug-likeness (QED) is 0.530. The van der Waals surface area contributed by atoms with Crippen LogP contribution in [0.1, 0.15) is 0 Å². The van der Waals surface area contributed by atoms with E-state index in [-0.39, 0.29) is 5.56 Å². The van der Waals surface area contributed by atoms with Crippen LogP contribution in [0.2, 0.25) is 0 Å². The number of halogens is 6. The summed E-state index contributed by atoms with van der Waals surface area (Å²) in [6.45, 7) is 0. The molecule has 0 saturated heterocycles. The lowest BCUT2D eigenvalue weighted by Crippen LogP contribution is -1.99. The van der Waals surface area contributed by atoms with Crippen LogP contribution in [0.5, 0.6) is 0 Å². The third kappa shape index (κ3) is 2.64. The highest BCUT2D eigenvalue weighted by Gasteiger charge is 2.22. The first kappa shape index (κ1) is 16.1. The lowest BCUT2D eigenvalue weighted by Gasteiger charge is -2.13. The molecule has 3 aromatic rings. The Bertz CT molecular complexity index is 933. The van der Waals surface area contributed by atoms with E-state index in [2.05, 4.69) is 0 Å². The average Bonchev–Trinajstić information content (AvgIpc) is 2.55. The zero-order chi connectivity index (χ0) is 17.4. The number of rotatable bonds is 2. The minimum absolute atomic E-state index is 0.235. The van der Waals surface area contributed by atoms with Gasteiger partial charge in [-0.2, -0.15) is 0 Å². The standard InChI is InChI=1S/C18H7F6/c19-11-5-4-9(8-15(11)23)16-12(20)6-7-13(21)17(16)10-2-1-3-14(22)18(10)24/h1-5,7-8H. The van der Waals surface area contributed by atoms with Crippen LogP contribution < -0.4 is 0 Å². The van der Waals surface area contributed by atoms with Gasteiger partial charge in [-0.3, -0.25) is 0 Å². The Hall–Kier alpha value is -2.76. The first-order valence-corrected chi connectivity index (χ1v) is 6.69. The Balaban J connectivity index is 2.36. The third-order valence-electron chi connectivity index (χ3n) is 3.46. The molecule has 0 unspecified atom stereocenters. The van der Waals surface area contributed by atoms with E-state index in [1.54, 1.807) is 0 Å². The molecule has 0 aliphatic rings. The average molecular weight is 337 g/mol. The monoisotopic (exact) mass is 337 g/mol. The zero-order valence-electron chi connectivity index (χ0n) is 11.8. The van der Waals surface area contributed by atoms with Crippen molar-refractivity contribution in [2.24, 2.45) is 0 Å². The first-order chi connectivity index (χ1) is 11.4. The van der Waals surface area contributed by atoms with E-state index >= 15 is 0 Å². The molecule has 0 bridgehead atoms. The maximum atomic E-state index is 14.2. The molecular formula is C18H7F6. The number of hydrogen-bond acceptors (Lipinski definition) is 0. The summed E-state index contributed by atoms with van der Waals surface area (Å²) in [5.74, 6) is -7.30. The second-order valence-corrected chi connectivity index (χ2v) is 4.93. The Morgan fingerprint density at radius 1 is 0.667 bits per heavy atom. The smallest absolute Gasteiger partial charge is 0.166 e. The molecule has 0 heterocycles. The van der Waals surface area contributed by atoms with Crippen molar-refractivity contribution >= 4 is 0 Å². The fourth-order valence-electron chi connectivity index (χ4n) is 2.38. The van der Waals surface area contributed by atoms with E-state index in [0.29, 0.717) is 12.1 Å². The maximum absolute atomic E-state index is 14.2. The molecule has 0 nitrogen and oxygen atoms in total. The molecule has 0 spiro atoms. The van der Waals surface area contributed by atoms with Crippen molar-refractivity contribution in [3.63, 3.8) is 0 Å². The highest BCUT2D eigenvalue weighted by Crippen LogP contribution is 2.38. The van der Waals surface area contributed by atoms with E-state index in [9.17, 15) is 26.3 Å². The van der Waals surface area contributed by atoms with Crippen molar-refractivity contribution in [1.82, 2.24) is 0 Å². The van der Waals surface area contributed by atoms with Crippen LogP contribution in [0.3, 0.4) is 0 Å². The van der Waals surface area contributed by atoms with Crippen LogP contribution in [-0.2, 0) is 0 Å². The van der Waals surface area contributed by atoms with Crippen LogP contribution >= 0.6 is 0 Å². The van der Waals surface area contributed by atoms with Crippen LogP contribution in [0.15, 0.2) is 42.5 Å². The molecule has 0 aliphatic heterocycles. The molecule has 3 aromatic carbocycles. The molecule has 0 aliphatic carbocycles. The van der Waals surface area contributed by atoms with Gasteiger partial charge in [-0.05, 0) is 29.8 Å². The topological polar surface area (TPSA) is 0 Å². The molecule has 0 fully saturated rings. The Morgan fingerprint density at radius 3 is 2.12 bits per heavy atom. The van der Waals surface area contributed by atoms with Gasteiger partial charge in [-0.1, -0.05) is 18.2 Å². The SMILES string of the molecule is Fc1[c]cc(F)c(-c2cccc(F)c2F)c1-c1ccc(F)c(F)c1. The van der Waals surface area contributed by atoms with Crippen LogP contribution in [-0.4, -0.2) is 0 Å². The summed E-state index contributed by atoms with van der Waals surface area (Å²) in [5, 5.41) is 0. The Labute approximate surface area is 133 Å². The molecule has 1 radical (unpaired) electrons. The predicted octanol–water partition coefficient (Wildman–Crippen LogP) is 5.66. The van der Waals surface area contributed by atoms with Gasteiger partial charge < -0.3 is 0 Å². The second-order valence-electron chi connectivity index (χ2n) is 4.93. The van der Waals surface area contributed by atoms with Gasteiger partial charge in [-0.15, -0.1) is 0 Å². The molecule has 0 aromatic heterocycles.